The predicted molar refractivity (Wildman–Crippen MR) is 338 cm³/mol. The Hall–Kier alpha value is -7.64. The monoisotopic (exact) mass is 1340 g/mol. The maximum absolute atomic E-state index is 12.7. The Morgan fingerprint density at radius 1 is 0.567 bits per heavy atom. The van der Waals surface area contributed by atoms with E-state index < -0.39 is 101 Å². The van der Waals surface area contributed by atoms with Crippen molar-refractivity contribution in [2.24, 2.45) is 46.8 Å². The number of phenols is 5. The van der Waals surface area contributed by atoms with Crippen LogP contribution in [0.4, 0.5) is 0 Å². The number of carbonyl (C=O) groups is 3. The summed E-state index contributed by atoms with van der Waals surface area (Å²) in [5.41, 5.74) is 2.20. The largest absolute Gasteiger partial charge is 0.508 e. The van der Waals surface area contributed by atoms with Crippen LogP contribution in [-0.4, -0.2) is 84.1 Å². The summed E-state index contributed by atoms with van der Waals surface area (Å²) in [5.74, 6) is -7.70. The molecule has 0 amide bonds. The van der Waals surface area contributed by atoms with Crippen LogP contribution >= 0.6 is 69.6 Å². The second-order valence-electron chi connectivity index (χ2n) is 24.3. The summed E-state index contributed by atoms with van der Waals surface area (Å²) in [5, 5.41) is 80.1. The van der Waals surface area contributed by atoms with Gasteiger partial charge >= 0.3 is 17.9 Å². The first kappa shape index (κ1) is 61.2. The van der Waals surface area contributed by atoms with E-state index in [1.54, 1.807) is 36.4 Å². The molecule has 12 aliphatic rings. The highest BCUT2D eigenvalue weighted by Crippen LogP contribution is 2.83. The quantitative estimate of drug-likeness (QED) is 0.0332. The molecule has 4 fully saturated rings. The molecule has 0 radical (unpaired) electrons. The lowest BCUT2D eigenvalue weighted by Gasteiger charge is -2.78. The van der Waals surface area contributed by atoms with E-state index in [4.69, 9.17) is 82.9 Å². The maximum Gasteiger partial charge on any atom is 0.307 e. The van der Waals surface area contributed by atoms with Crippen LogP contribution in [-0.2, 0) is 14.4 Å². The number of fused-ring (bicyclic) bond motifs is 8. The normalized spacial score (nSPS) is 30.1. The summed E-state index contributed by atoms with van der Waals surface area (Å²) < 4.78 is 15.7. The average molecular weight is 1340 g/mol. The minimum Gasteiger partial charge on any atom is -0.508 e. The van der Waals surface area contributed by atoms with Gasteiger partial charge in [-0.2, -0.15) is 0 Å². The molecule has 4 saturated carbocycles. The van der Waals surface area contributed by atoms with E-state index in [-0.39, 0.29) is 87.1 Å². The van der Waals surface area contributed by atoms with Crippen molar-refractivity contribution in [1.29, 1.82) is 0 Å². The fourth-order valence-electron chi connectivity index (χ4n) is 16.0. The van der Waals surface area contributed by atoms with Crippen LogP contribution in [0, 0.1) is 46.8 Å². The third kappa shape index (κ3) is 8.98. The second kappa shape index (κ2) is 22.1. The summed E-state index contributed by atoms with van der Waals surface area (Å²) in [6, 6.07) is 24.0. The number of allylic oxidation sites excluding steroid dienone is 4. The number of halogens is 6. The lowest BCUT2D eigenvalue weighted by atomic mass is 9.38. The fourth-order valence-corrected chi connectivity index (χ4v) is 19.6. The highest BCUT2D eigenvalue weighted by Gasteiger charge is 2.88. The zero-order valence-electron chi connectivity index (χ0n) is 46.9. The summed E-state index contributed by atoms with van der Waals surface area (Å²) >= 11 is 40.9. The van der Waals surface area contributed by atoms with Gasteiger partial charge in [0.15, 0.2) is 28.0 Å². The van der Waals surface area contributed by atoms with Crippen molar-refractivity contribution in [3.63, 3.8) is 0 Å². The first-order valence-electron chi connectivity index (χ1n) is 28.7. The summed E-state index contributed by atoms with van der Waals surface area (Å²) in [7, 11) is 0. The number of hydrogen-bond donors (Lipinski definition) is 8. The van der Waals surface area contributed by atoms with Crippen molar-refractivity contribution in [2.45, 2.75) is 75.7 Å². The van der Waals surface area contributed by atoms with Crippen LogP contribution < -0.4 is 16.3 Å². The van der Waals surface area contributed by atoms with Gasteiger partial charge in [0, 0.05) is 74.4 Å². The van der Waals surface area contributed by atoms with Crippen LogP contribution in [0.25, 0.3) is 66.9 Å². The van der Waals surface area contributed by atoms with Crippen LogP contribution in [0.15, 0.2) is 149 Å². The maximum atomic E-state index is 12.7. The fraction of sp³-hybridized carbons (Fsp3) is 0.313. The summed E-state index contributed by atoms with van der Waals surface area (Å²) in [6.07, 6.45) is 9.13. The molecule has 17 nitrogen and oxygen atoms in total. The molecule has 9 aliphatic carbocycles. The molecule has 15 atom stereocenters. The van der Waals surface area contributed by atoms with Crippen molar-refractivity contribution in [3.05, 3.63) is 169 Å². The van der Waals surface area contributed by atoms with Gasteiger partial charge in [-0.15, -0.1) is 46.4 Å². The Bertz CT molecular complexity index is 4650. The van der Waals surface area contributed by atoms with E-state index in [1.807, 2.05) is 18.2 Å². The van der Waals surface area contributed by atoms with E-state index in [1.165, 1.54) is 54.6 Å². The Balaban J connectivity index is 0.000000127. The van der Waals surface area contributed by atoms with Gasteiger partial charge in [-0.25, -0.2) is 0 Å². The van der Waals surface area contributed by atoms with Crippen molar-refractivity contribution in [3.8, 4) is 62.7 Å². The van der Waals surface area contributed by atoms with E-state index in [0.29, 0.717) is 41.1 Å². The van der Waals surface area contributed by atoms with Crippen LogP contribution in [0.5, 0.6) is 28.7 Å². The lowest BCUT2D eigenvalue weighted by molar-refractivity contribution is -0.160. The number of carboxylic acid groups (broad SMARTS) is 3. The molecule has 464 valence electrons. The van der Waals surface area contributed by atoms with E-state index in [0.717, 1.165) is 39.1 Å². The molecule has 0 aromatic heterocycles. The highest BCUT2D eigenvalue weighted by molar-refractivity contribution is 6.58. The van der Waals surface area contributed by atoms with Gasteiger partial charge in [-0.05, 0) is 145 Å². The number of benzene rings is 6. The molecule has 0 saturated heterocycles. The minimum absolute atomic E-state index is 0.00404. The average Bonchev–Trinajstić information content (AvgIpc) is 0.686. The molecule has 3 aliphatic heterocycles. The highest BCUT2D eigenvalue weighted by atomic mass is 35.5. The van der Waals surface area contributed by atoms with Crippen LogP contribution in [0.1, 0.15) is 67.1 Å². The van der Waals surface area contributed by atoms with Crippen molar-refractivity contribution in [1.82, 2.24) is 0 Å². The van der Waals surface area contributed by atoms with Gasteiger partial charge < -0.3 is 54.1 Å². The lowest BCUT2D eigenvalue weighted by Crippen LogP contribution is -2.87. The minimum atomic E-state index is -1.67. The number of carboxylic acids is 3. The molecule has 3 aromatic carbocycles. The predicted octanol–water partition coefficient (Wildman–Crippen LogP) is 13.8. The first-order valence-corrected chi connectivity index (χ1v) is 31.2. The third-order valence-corrected chi connectivity index (χ3v) is 24.5. The number of rotatable bonds is 6. The first-order chi connectivity index (χ1) is 42.7. The standard InChI is InChI=1S/C25H18Cl6O7.C22H18O5.C20H16O5/c26-15-20(27)23-6-10(9(22(36)37)5-13(23)24(29,21(15)28)25(23,30)31)14-7-1-3-11(32)16(34)18(7)38-19-8(14)2-4-12(33)17(19)35;1-10-13-6-7-14(10)21(22(25)26)20(13)19-15-4-2-11(23)8-17(15)27-18-9-12(24)3-5-16(18)19;21-11-5-7-15-17(9-11)25-18-10-12(22)6-8-16(18)19(15)13-3-1-2-4-14(13)20(23)24/h1-4,9-10,13,15,20-21,32,34-35H,5-6H2,(H,36,37);2-10,13-14,20-21,23H,1H3,(H,25,26);1-2,5-10,13-14,21H,3-4H2,(H,23,24). The van der Waals surface area contributed by atoms with E-state index in [2.05, 4.69) is 13.0 Å². The number of phenolic OH excluding ortho intramolecular Hbond substituents is 5. The zero-order chi connectivity index (χ0) is 64.1. The molecule has 3 aromatic rings. The Morgan fingerprint density at radius 3 is 1.73 bits per heavy atom. The molecular formula is C67H52Cl6O17. The van der Waals surface area contributed by atoms with Gasteiger partial charge in [-0.3, -0.25) is 28.8 Å². The van der Waals surface area contributed by atoms with Gasteiger partial charge in [-0.1, -0.05) is 54.4 Å². The SMILES string of the molecule is CC1C2C=CC1C(c1c3ccc(=O)cc-3oc3cc(O)ccc13)C2C(=O)O.O=C(O)C1CC2C3(Cl)C(Cl)C(Cl)C(Cl)C2(CC1c1c2ccc(=O)c(O)c-2oc2c(O)c(O)ccc12)C3(Cl)Cl.O=C(O)C1CC=CCC1c1c2ccc(=O)cc-2oc2cc(O)ccc12. The molecule has 4 bridgehead atoms. The van der Waals surface area contributed by atoms with Crippen molar-refractivity contribution < 1.29 is 68.5 Å². The molecular weight excluding hydrogens is 1290 g/mol. The molecule has 0 spiro atoms. The summed E-state index contributed by atoms with van der Waals surface area (Å²) in [6.45, 7) is 2.10. The Kier molecular flexibility index (Phi) is 15.0. The smallest absolute Gasteiger partial charge is 0.307 e. The van der Waals surface area contributed by atoms with Gasteiger partial charge in [0.05, 0.1) is 38.8 Å². The topological polar surface area (TPSA) is 304 Å². The van der Waals surface area contributed by atoms with Gasteiger partial charge in [0.2, 0.25) is 16.9 Å². The molecule has 23 heteroatoms. The number of hydrogen-bond acceptors (Lipinski definition) is 14. The number of aromatic hydroxyl groups is 5. The van der Waals surface area contributed by atoms with Crippen LogP contribution in [0.2, 0.25) is 0 Å². The van der Waals surface area contributed by atoms with E-state index in [9.17, 15) is 69.6 Å². The molecule has 90 heavy (non-hydrogen) atoms. The molecule has 15 rings (SSSR count). The van der Waals surface area contributed by atoms with E-state index >= 15 is 0 Å². The third-order valence-electron chi connectivity index (χ3n) is 20.0. The van der Waals surface area contributed by atoms with Crippen molar-refractivity contribution >= 4 is 120 Å². The van der Waals surface area contributed by atoms with Crippen LogP contribution in [0.3, 0.4) is 0 Å². The van der Waals surface area contributed by atoms with Gasteiger partial charge in [0.25, 0.3) is 0 Å². The van der Waals surface area contributed by atoms with Gasteiger partial charge in [0.1, 0.15) is 38.5 Å². The summed E-state index contributed by atoms with van der Waals surface area (Å²) in [4.78, 5) is 71.0. The van der Waals surface area contributed by atoms with Crippen molar-refractivity contribution in [2.75, 3.05) is 0 Å². The second-order valence-corrected chi connectivity index (χ2v) is 27.7. The Morgan fingerprint density at radius 2 is 1.12 bits per heavy atom. The molecule has 15 unspecified atom stereocenters. The Labute approximate surface area is 539 Å². The molecule has 8 N–H and O–H groups in total. The number of alkyl halides is 6. The zero-order valence-corrected chi connectivity index (χ0v) is 51.4. The number of aliphatic carboxylic acids is 3. The molecule has 3 heterocycles.